The molecule has 0 saturated carbocycles. The van der Waals surface area contributed by atoms with Gasteiger partial charge in [-0.1, -0.05) is 126 Å². The number of aromatic nitrogens is 5. The molecule has 0 radical (unpaired) electrons. The van der Waals surface area contributed by atoms with Crippen LogP contribution in [0.4, 0.5) is 5.13 Å². The number of esters is 3. The van der Waals surface area contributed by atoms with Gasteiger partial charge in [-0.25, -0.2) is 24.4 Å². The Bertz CT molecular complexity index is 3810. The van der Waals surface area contributed by atoms with Crippen LogP contribution in [-0.2, 0) is 40.0 Å². The number of fused-ring (bicyclic) bond motifs is 3. The monoisotopic (exact) mass is 1190 g/mol. The number of aryl methyl sites for hydroxylation is 1. The van der Waals surface area contributed by atoms with Crippen LogP contribution in [-0.4, -0.2) is 99.2 Å². The summed E-state index contributed by atoms with van der Waals surface area (Å²) in [6.45, 7) is 10.1. The minimum Gasteiger partial charge on any atom is -0.456 e. The zero-order valence-corrected chi connectivity index (χ0v) is 48.7. The number of thioether (sulfide) groups is 2. The van der Waals surface area contributed by atoms with Crippen LogP contribution in [0.5, 0.6) is 11.5 Å². The fraction of sp³-hybridized carbons (Fsp3) is 0.246. The van der Waals surface area contributed by atoms with Gasteiger partial charge in [-0.15, -0.1) is 40.0 Å². The number of amides is 2. The molecule has 428 valence electrons. The molecule has 23 heteroatoms. The summed E-state index contributed by atoms with van der Waals surface area (Å²) in [7, 11) is 0. The number of carbonyl (C=O) groups excluding carboxylic acids is 5. The summed E-state index contributed by atoms with van der Waals surface area (Å²) < 4.78 is 31.6. The molecule has 5 aromatic carbocycles. The number of hydrogen-bond donors (Lipinski definition) is 2. The third-order valence-electron chi connectivity index (χ3n) is 13.2. The Morgan fingerprint density at radius 1 is 0.798 bits per heavy atom. The van der Waals surface area contributed by atoms with E-state index in [1.807, 2.05) is 121 Å². The molecular formula is C61H55N9O11S3. The smallest absolute Gasteiger partial charge is 0.379 e. The van der Waals surface area contributed by atoms with E-state index in [2.05, 4.69) is 30.5 Å². The molecule has 3 aliphatic rings. The van der Waals surface area contributed by atoms with Crippen LogP contribution < -0.4 is 20.5 Å². The Labute approximate surface area is 494 Å². The summed E-state index contributed by atoms with van der Waals surface area (Å²) >= 11 is 3.69. The van der Waals surface area contributed by atoms with Gasteiger partial charge in [-0.05, 0) is 73.7 Å². The highest BCUT2D eigenvalue weighted by Gasteiger charge is 2.55. The first-order valence-corrected chi connectivity index (χ1v) is 29.4. The minimum atomic E-state index is -1.16. The summed E-state index contributed by atoms with van der Waals surface area (Å²) in [6, 6.07) is 41.0. The van der Waals surface area contributed by atoms with E-state index in [1.165, 1.54) is 44.4 Å². The molecule has 1 fully saturated rings. The lowest BCUT2D eigenvalue weighted by Crippen LogP contribution is -2.71. The van der Waals surface area contributed by atoms with Crippen molar-refractivity contribution in [1.29, 1.82) is 0 Å². The Morgan fingerprint density at radius 3 is 1.93 bits per heavy atom. The molecule has 2 amide bonds. The van der Waals surface area contributed by atoms with E-state index in [0.717, 1.165) is 22.5 Å². The number of nitrogens with zero attached hydrogens (tertiary/aromatic N) is 7. The van der Waals surface area contributed by atoms with Gasteiger partial charge in [-0.2, -0.15) is 9.50 Å². The number of carbonyl (C=O) groups is 5. The average Bonchev–Trinajstić information content (AvgIpc) is 1.54. The minimum absolute atomic E-state index is 0.00811. The van der Waals surface area contributed by atoms with E-state index < -0.39 is 64.7 Å². The predicted octanol–water partition coefficient (Wildman–Crippen LogP) is 9.58. The molecule has 6 heterocycles. The molecule has 0 unspecified atom stereocenters. The summed E-state index contributed by atoms with van der Waals surface area (Å²) in [5, 5.41) is 13.0. The lowest BCUT2D eigenvalue weighted by molar-refractivity contribution is -0.154. The van der Waals surface area contributed by atoms with Crippen molar-refractivity contribution in [1.82, 2.24) is 34.8 Å². The Balaban J connectivity index is 0.874. The van der Waals surface area contributed by atoms with E-state index >= 15 is 4.79 Å². The number of thiazole rings is 1. The van der Waals surface area contributed by atoms with Gasteiger partial charge in [0.15, 0.2) is 34.6 Å². The van der Waals surface area contributed by atoms with Crippen LogP contribution >= 0.6 is 34.9 Å². The maximum atomic E-state index is 15.1. The Morgan fingerprint density at radius 2 is 1.37 bits per heavy atom. The highest BCUT2D eigenvalue weighted by atomic mass is 32.2. The van der Waals surface area contributed by atoms with Gasteiger partial charge in [0.2, 0.25) is 5.79 Å². The van der Waals surface area contributed by atoms with E-state index in [-0.39, 0.29) is 57.5 Å². The highest BCUT2D eigenvalue weighted by molar-refractivity contribution is 8.01. The molecule has 0 spiro atoms. The number of oxime groups is 1. The van der Waals surface area contributed by atoms with Gasteiger partial charge in [0.25, 0.3) is 23.4 Å². The standard InChI is InChI=1S/C61H55N9O11S3/c1-34-27-45(70-59(63-34)66-51(67-70)57(75)78-50(37-23-15-9-16-24-37)38-25-17-10-18-26-38)82-31-40-32-83-54-47(53(72)69(54)48(40)56(74)77-49(35-19-11-7-12-20-35)36-21-13-8-14-22-36)65-52(71)46(42-33-84-58(62)64-42)68-76-30-39-28-43-44(80-61(5,6)79-43)29-41(39)55(73)81-60(2,3)4/h7-29,33,47,49-50,54H,30-32H2,1-6H3,(H2,62,64)(H,65,71)/t47-,54-/m1/s1. The van der Waals surface area contributed by atoms with Crippen molar-refractivity contribution in [3.05, 3.63) is 207 Å². The van der Waals surface area contributed by atoms with Crippen LogP contribution in [0.1, 0.15) is 107 Å². The first-order chi connectivity index (χ1) is 40.4. The summed E-state index contributed by atoms with van der Waals surface area (Å²) in [6.07, 6.45) is -1.61. The number of nitrogens with two attached hydrogens (primary N) is 1. The fourth-order valence-corrected chi connectivity index (χ4v) is 12.6. The molecular weight excluding hydrogens is 1130 g/mol. The molecule has 2 atom stereocenters. The van der Waals surface area contributed by atoms with Crippen LogP contribution in [0.3, 0.4) is 0 Å². The Kier molecular flexibility index (Phi) is 16.0. The van der Waals surface area contributed by atoms with Gasteiger partial charge in [0.05, 0.1) is 5.56 Å². The number of benzene rings is 5. The predicted molar refractivity (Wildman–Crippen MR) is 314 cm³/mol. The van der Waals surface area contributed by atoms with Crippen molar-refractivity contribution in [3.8, 4) is 11.5 Å². The quantitative estimate of drug-likeness (QED) is 0.0154. The van der Waals surface area contributed by atoms with Crippen LogP contribution in [0.2, 0.25) is 0 Å². The molecule has 11 rings (SSSR count). The maximum Gasteiger partial charge on any atom is 0.379 e. The molecule has 3 aromatic heterocycles. The van der Waals surface area contributed by atoms with Crippen molar-refractivity contribution in [2.75, 3.05) is 17.2 Å². The zero-order valence-electron chi connectivity index (χ0n) is 46.2. The van der Waals surface area contributed by atoms with Gasteiger partial charge in [0.1, 0.15) is 40.0 Å². The topological polar surface area (TPSA) is 250 Å². The van der Waals surface area contributed by atoms with Crippen LogP contribution in [0, 0.1) is 6.92 Å². The second-order valence-corrected chi connectivity index (χ2v) is 24.0. The van der Waals surface area contributed by atoms with E-state index in [1.54, 1.807) is 53.7 Å². The van der Waals surface area contributed by atoms with Crippen molar-refractivity contribution >= 4 is 81.2 Å². The third kappa shape index (κ3) is 12.3. The fourth-order valence-electron chi connectivity index (χ4n) is 9.51. The van der Waals surface area contributed by atoms with Gasteiger partial charge in [-0.3, -0.25) is 14.5 Å². The largest absolute Gasteiger partial charge is 0.456 e. The number of nitrogens with one attached hydrogen (secondary N) is 1. The van der Waals surface area contributed by atoms with Crippen molar-refractivity contribution in [3.63, 3.8) is 0 Å². The molecule has 1 saturated heterocycles. The first kappa shape index (κ1) is 56.8. The highest BCUT2D eigenvalue weighted by Crippen LogP contribution is 2.44. The number of anilines is 1. The summed E-state index contributed by atoms with van der Waals surface area (Å²) in [5.41, 5.74) is 9.47. The number of β-lactam (4-membered cyclic amide) rings is 1. The number of hydrogen-bond acceptors (Lipinski definition) is 20. The lowest BCUT2D eigenvalue weighted by Gasteiger charge is -2.49. The van der Waals surface area contributed by atoms with Crippen LogP contribution in [0.25, 0.3) is 5.78 Å². The normalized spacial score (nSPS) is 16.3. The first-order valence-electron chi connectivity index (χ1n) is 26.5. The van der Waals surface area contributed by atoms with Crippen molar-refractivity contribution in [2.45, 2.75) is 88.2 Å². The number of nitrogen functional groups attached to an aromatic ring is 1. The molecule has 3 aliphatic heterocycles. The molecule has 20 nitrogen and oxygen atoms in total. The van der Waals surface area contributed by atoms with E-state index in [0.29, 0.717) is 44.5 Å². The second-order valence-electron chi connectivity index (χ2n) is 21.0. The molecule has 0 aliphatic carbocycles. The van der Waals surface area contributed by atoms with Gasteiger partial charge in [0, 0.05) is 42.0 Å². The summed E-state index contributed by atoms with van der Waals surface area (Å²) in [4.78, 5) is 92.3. The third-order valence-corrected chi connectivity index (χ3v) is 16.3. The van der Waals surface area contributed by atoms with Crippen LogP contribution in [0.15, 0.2) is 166 Å². The van der Waals surface area contributed by atoms with E-state index in [4.69, 9.17) is 34.3 Å². The molecule has 8 aromatic rings. The molecule has 3 N–H and O–H groups in total. The zero-order chi connectivity index (χ0) is 58.9. The number of ether oxygens (including phenoxy) is 5. The lowest BCUT2D eigenvalue weighted by atomic mass is 10.0. The Hall–Kier alpha value is -9.06. The average molecular weight is 1190 g/mol. The maximum absolute atomic E-state index is 15.1. The molecule has 0 bridgehead atoms. The van der Waals surface area contributed by atoms with Crippen molar-refractivity contribution < 1.29 is 52.5 Å². The SMILES string of the molecule is Cc1cc(SCC2=C(C(=O)OC(c3ccccc3)c3ccccc3)N3C(=O)[C@@H](NC(=O)C(=NOCc4cc5c(cc4C(=O)OC(C)(C)C)OC(C)(C)O5)c4csc(N)n4)[C@H]3SC2)n2nc(C(=O)OC(c3ccccc3)c3ccccc3)nc2n1. The number of rotatable bonds is 18. The van der Waals surface area contributed by atoms with E-state index in [9.17, 15) is 19.2 Å². The summed E-state index contributed by atoms with van der Waals surface area (Å²) in [5.74, 6) is -3.63. The van der Waals surface area contributed by atoms with Crippen molar-refractivity contribution in [2.24, 2.45) is 5.16 Å². The van der Waals surface area contributed by atoms with Gasteiger partial charge < -0.3 is 39.6 Å². The second kappa shape index (κ2) is 23.7. The molecule has 84 heavy (non-hydrogen) atoms. The van der Waals surface area contributed by atoms with Gasteiger partial charge >= 0.3 is 17.9 Å².